The average molecular weight is 288 g/mol. The third-order valence-corrected chi connectivity index (χ3v) is 6.23. The van der Waals surface area contributed by atoms with E-state index in [0.717, 1.165) is 37.3 Å². The van der Waals surface area contributed by atoms with E-state index in [2.05, 4.69) is 22.7 Å². The second-order valence-corrected chi connectivity index (χ2v) is 7.90. The van der Waals surface area contributed by atoms with Crippen molar-refractivity contribution in [2.45, 2.75) is 64.5 Å². The van der Waals surface area contributed by atoms with Crippen LogP contribution in [0.3, 0.4) is 0 Å². The maximum Gasteiger partial charge on any atom is 0.0946 e. The Morgan fingerprint density at radius 3 is 2.38 bits per heavy atom. The van der Waals surface area contributed by atoms with Gasteiger partial charge in [0, 0.05) is 19.0 Å². The predicted molar refractivity (Wildman–Crippen MR) is 82.9 cm³/mol. The summed E-state index contributed by atoms with van der Waals surface area (Å²) < 4.78 is 8.62. The van der Waals surface area contributed by atoms with Gasteiger partial charge in [0.15, 0.2) is 0 Å². The van der Waals surface area contributed by atoms with Crippen LogP contribution in [0.25, 0.3) is 0 Å². The standard InChI is InChI=1S/C18H28N2O/c1-2-5-21-17(12-20-4-3-19-13-20)18-9-14-6-15(10-18)8-16(7-14)11-18/h3-4,13-17H,2,5-12H2,1H3. The highest BCUT2D eigenvalue weighted by molar-refractivity contribution is 5.05. The van der Waals surface area contributed by atoms with Gasteiger partial charge in [-0.15, -0.1) is 0 Å². The van der Waals surface area contributed by atoms with Crippen molar-refractivity contribution in [3.05, 3.63) is 18.7 Å². The van der Waals surface area contributed by atoms with Crippen LogP contribution < -0.4 is 0 Å². The van der Waals surface area contributed by atoms with Crippen LogP contribution in [-0.2, 0) is 11.3 Å². The summed E-state index contributed by atoms with van der Waals surface area (Å²) in [7, 11) is 0. The van der Waals surface area contributed by atoms with Crippen molar-refractivity contribution in [3.63, 3.8) is 0 Å². The van der Waals surface area contributed by atoms with E-state index in [9.17, 15) is 0 Å². The first kappa shape index (κ1) is 13.8. The fraction of sp³-hybridized carbons (Fsp3) is 0.833. The van der Waals surface area contributed by atoms with E-state index >= 15 is 0 Å². The van der Waals surface area contributed by atoms with Crippen LogP contribution in [0, 0.1) is 23.2 Å². The Morgan fingerprint density at radius 1 is 1.19 bits per heavy atom. The van der Waals surface area contributed by atoms with E-state index in [1.165, 1.54) is 38.5 Å². The zero-order valence-corrected chi connectivity index (χ0v) is 13.2. The fourth-order valence-electron chi connectivity index (χ4n) is 5.84. The summed E-state index contributed by atoms with van der Waals surface area (Å²) in [6, 6.07) is 0. The number of rotatable bonds is 6. The maximum absolute atomic E-state index is 6.40. The van der Waals surface area contributed by atoms with Crippen molar-refractivity contribution in [3.8, 4) is 0 Å². The quantitative estimate of drug-likeness (QED) is 0.794. The first-order valence-corrected chi connectivity index (χ1v) is 8.85. The number of ether oxygens (including phenoxy) is 1. The van der Waals surface area contributed by atoms with Crippen LogP contribution in [0.5, 0.6) is 0 Å². The number of hydrogen-bond acceptors (Lipinski definition) is 2. The number of aromatic nitrogens is 2. The van der Waals surface area contributed by atoms with E-state index in [4.69, 9.17) is 4.74 Å². The summed E-state index contributed by atoms with van der Waals surface area (Å²) in [6.07, 6.45) is 16.2. The summed E-state index contributed by atoms with van der Waals surface area (Å²) in [5.41, 5.74) is 0.466. The lowest BCUT2D eigenvalue weighted by atomic mass is 9.48. The van der Waals surface area contributed by atoms with Crippen LogP contribution in [-0.4, -0.2) is 22.3 Å². The van der Waals surface area contributed by atoms with E-state index in [1.807, 2.05) is 12.5 Å². The van der Waals surface area contributed by atoms with Crippen LogP contribution in [0.2, 0.25) is 0 Å². The Morgan fingerprint density at radius 2 is 1.86 bits per heavy atom. The molecule has 0 N–H and O–H groups in total. The molecule has 5 rings (SSSR count). The minimum absolute atomic E-state index is 0.389. The SMILES string of the molecule is CCCOC(Cn1ccnc1)C12CC3CC(CC(C3)C1)C2. The van der Waals surface area contributed by atoms with Gasteiger partial charge in [-0.05, 0) is 68.1 Å². The predicted octanol–water partition coefficient (Wildman–Crippen LogP) is 3.89. The Balaban J connectivity index is 1.56. The molecule has 1 aromatic rings. The fourth-order valence-corrected chi connectivity index (χ4v) is 5.84. The molecule has 3 nitrogen and oxygen atoms in total. The van der Waals surface area contributed by atoms with Crippen molar-refractivity contribution in [2.24, 2.45) is 23.2 Å². The molecule has 4 saturated carbocycles. The average Bonchev–Trinajstić information content (AvgIpc) is 2.94. The molecule has 1 aromatic heterocycles. The number of hydrogen-bond donors (Lipinski definition) is 0. The second-order valence-electron chi connectivity index (χ2n) is 7.90. The first-order valence-electron chi connectivity index (χ1n) is 8.85. The second kappa shape index (κ2) is 5.42. The Kier molecular flexibility index (Phi) is 3.56. The molecular weight excluding hydrogens is 260 g/mol. The van der Waals surface area contributed by atoms with Crippen LogP contribution in [0.15, 0.2) is 18.7 Å². The number of nitrogens with zero attached hydrogens (tertiary/aromatic N) is 2. The smallest absolute Gasteiger partial charge is 0.0946 e. The largest absolute Gasteiger partial charge is 0.376 e. The minimum atomic E-state index is 0.389. The molecular formula is C18H28N2O. The number of imidazole rings is 1. The molecule has 4 bridgehead atoms. The first-order chi connectivity index (χ1) is 10.3. The van der Waals surface area contributed by atoms with E-state index in [1.54, 1.807) is 0 Å². The monoisotopic (exact) mass is 288 g/mol. The van der Waals surface area contributed by atoms with Gasteiger partial charge >= 0.3 is 0 Å². The van der Waals surface area contributed by atoms with Crippen molar-refractivity contribution in [1.29, 1.82) is 0 Å². The van der Waals surface area contributed by atoms with Crippen molar-refractivity contribution in [1.82, 2.24) is 9.55 Å². The maximum atomic E-state index is 6.40. The molecule has 0 radical (unpaired) electrons. The van der Waals surface area contributed by atoms with E-state index in [0.29, 0.717) is 11.5 Å². The molecule has 116 valence electrons. The highest BCUT2D eigenvalue weighted by Crippen LogP contribution is 2.61. The van der Waals surface area contributed by atoms with E-state index in [-0.39, 0.29) is 0 Å². The molecule has 1 unspecified atom stereocenters. The minimum Gasteiger partial charge on any atom is -0.376 e. The zero-order chi connectivity index (χ0) is 14.3. The van der Waals surface area contributed by atoms with Gasteiger partial charge in [-0.3, -0.25) is 0 Å². The Hall–Kier alpha value is -0.830. The molecule has 4 aliphatic rings. The molecule has 0 aliphatic heterocycles. The molecule has 1 atom stereocenters. The van der Waals surface area contributed by atoms with Gasteiger partial charge < -0.3 is 9.30 Å². The Bertz CT molecular complexity index is 432. The molecule has 0 aromatic carbocycles. The molecule has 0 saturated heterocycles. The lowest BCUT2D eigenvalue weighted by molar-refractivity contribution is -0.147. The molecule has 0 spiro atoms. The highest BCUT2D eigenvalue weighted by atomic mass is 16.5. The van der Waals surface area contributed by atoms with Crippen LogP contribution >= 0.6 is 0 Å². The third kappa shape index (κ3) is 2.54. The molecule has 3 heteroatoms. The van der Waals surface area contributed by atoms with Crippen LogP contribution in [0.1, 0.15) is 51.9 Å². The summed E-state index contributed by atoms with van der Waals surface area (Å²) in [6.45, 7) is 4.11. The molecule has 4 fully saturated rings. The van der Waals surface area contributed by atoms with Gasteiger partial charge in [-0.2, -0.15) is 0 Å². The van der Waals surface area contributed by atoms with Crippen LogP contribution in [0.4, 0.5) is 0 Å². The lowest BCUT2D eigenvalue weighted by Crippen LogP contribution is -2.53. The summed E-state index contributed by atoms with van der Waals surface area (Å²) in [4.78, 5) is 4.21. The summed E-state index contributed by atoms with van der Waals surface area (Å²) in [5.74, 6) is 2.98. The molecule has 1 heterocycles. The highest BCUT2D eigenvalue weighted by Gasteiger charge is 2.54. The van der Waals surface area contributed by atoms with Crippen molar-refractivity contribution < 1.29 is 4.74 Å². The van der Waals surface area contributed by atoms with Crippen molar-refractivity contribution in [2.75, 3.05) is 6.61 Å². The molecule has 0 amide bonds. The molecule has 21 heavy (non-hydrogen) atoms. The zero-order valence-electron chi connectivity index (χ0n) is 13.2. The normalized spacial score (nSPS) is 38.8. The third-order valence-electron chi connectivity index (χ3n) is 6.23. The summed E-state index contributed by atoms with van der Waals surface area (Å²) >= 11 is 0. The topological polar surface area (TPSA) is 27.1 Å². The van der Waals surface area contributed by atoms with Gasteiger partial charge in [-0.25, -0.2) is 4.98 Å². The molecule has 4 aliphatic carbocycles. The van der Waals surface area contributed by atoms with E-state index < -0.39 is 0 Å². The van der Waals surface area contributed by atoms with Crippen molar-refractivity contribution >= 4 is 0 Å². The van der Waals surface area contributed by atoms with Gasteiger partial charge in [0.2, 0.25) is 0 Å². The Labute approximate surface area is 128 Å². The van der Waals surface area contributed by atoms with Gasteiger partial charge in [0.05, 0.1) is 19.0 Å². The van der Waals surface area contributed by atoms with Gasteiger partial charge in [0.1, 0.15) is 0 Å². The lowest BCUT2D eigenvalue weighted by Gasteiger charge is -2.59. The summed E-state index contributed by atoms with van der Waals surface area (Å²) in [5, 5.41) is 0. The van der Waals surface area contributed by atoms with Gasteiger partial charge in [-0.1, -0.05) is 6.92 Å². The van der Waals surface area contributed by atoms with Gasteiger partial charge in [0.25, 0.3) is 0 Å².